The second-order valence-electron chi connectivity index (χ2n) is 3.25. The van der Waals surface area contributed by atoms with E-state index in [9.17, 15) is 0 Å². The van der Waals surface area contributed by atoms with Gasteiger partial charge in [0, 0.05) is 6.04 Å². The predicted molar refractivity (Wildman–Crippen MR) is 59.3 cm³/mol. The van der Waals surface area contributed by atoms with E-state index in [4.69, 9.17) is 10.5 Å². The highest BCUT2D eigenvalue weighted by Gasteiger charge is 2.01. The second-order valence-corrected chi connectivity index (χ2v) is 3.25. The van der Waals surface area contributed by atoms with Crippen LogP contribution in [0.25, 0.3) is 0 Å². The van der Waals surface area contributed by atoms with Gasteiger partial charge in [-0.15, -0.1) is 6.58 Å². The van der Waals surface area contributed by atoms with Crippen molar-refractivity contribution < 1.29 is 4.74 Å². The molecule has 0 fully saturated rings. The summed E-state index contributed by atoms with van der Waals surface area (Å²) >= 11 is 0. The van der Waals surface area contributed by atoms with E-state index < -0.39 is 0 Å². The number of para-hydroxylation sites is 1. The Morgan fingerprint density at radius 3 is 2.71 bits per heavy atom. The number of hydrogen-bond donors (Lipinski definition) is 1. The van der Waals surface area contributed by atoms with E-state index >= 15 is 0 Å². The molecule has 14 heavy (non-hydrogen) atoms. The standard InChI is InChI=1S/C12H17NO/c1-2-3-7-11(13)10-14-12-8-5-4-6-9-12/h2,4-6,8-9,11H,1,3,7,10,13H2. The monoisotopic (exact) mass is 191 g/mol. The average Bonchev–Trinajstić information content (AvgIpc) is 2.25. The Labute approximate surface area is 85.4 Å². The van der Waals surface area contributed by atoms with Crippen LogP contribution in [0, 0.1) is 0 Å². The zero-order valence-corrected chi connectivity index (χ0v) is 8.36. The van der Waals surface area contributed by atoms with Gasteiger partial charge in [0.15, 0.2) is 0 Å². The highest BCUT2D eigenvalue weighted by atomic mass is 16.5. The van der Waals surface area contributed by atoms with E-state index in [0.717, 1.165) is 18.6 Å². The fourth-order valence-electron chi connectivity index (χ4n) is 1.14. The molecule has 0 bridgehead atoms. The van der Waals surface area contributed by atoms with Crippen LogP contribution in [0.15, 0.2) is 43.0 Å². The Morgan fingerprint density at radius 2 is 2.07 bits per heavy atom. The molecule has 0 saturated carbocycles. The lowest BCUT2D eigenvalue weighted by Gasteiger charge is -2.11. The van der Waals surface area contributed by atoms with Gasteiger partial charge in [-0.2, -0.15) is 0 Å². The third kappa shape index (κ3) is 4.10. The quantitative estimate of drug-likeness (QED) is 0.700. The highest BCUT2D eigenvalue weighted by Crippen LogP contribution is 2.08. The van der Waals surface area contributed by atoms with Crippen molar-refractivity contribution in [3.05, 3.63) is 43.0 Å². The van der Waals surface area contributed by atoms with Crippen molar-refractivity contribution in [1.29, 1.82) is 0 Å². The molecule has 0 aliphatic carbocycles. The number of allylic oxidation sites excluding steroid dienone is 1. The van der Waals surface area contributed by atoms with Gasteiger partial charge in [-0.3, -0.25) is 0 Å². The summed E-state index contributed by atoms with van der Waals surface area (Å²) in [6.45, 7) is 4.22. The minimum atomic E-state index is 0.0909. The first-order valence-electron chi connectivity index (χ1n) is 4.87. The number of ether oxygens (including phenoxy) is 1. The van der Waals surface area contributed by atoms with Gasteiger partial charge >= 0.3 is 0 Å². The molecule has 1 atom stereocenters. The third-order valence-corrected chi connectivity index (χ3v) is 1.95. The van der Waals surface area contributed by atoms with Crippen molar-refractivity contribution in [1.82, 2.24) is 0 Å². The lowest BCUT2D eigenvalue weighted by molar-refractivity contribution is 0.283. The molecule has 2 N–H and O–H groups in total. The van der Waals surface area contributed by atoms with E-state index in [1.807, 2.05) is 36.4 Å². The number of benzene rings is 1. The van der Waals surface area contributed by atoms with Gasteiger partial charge in [-0.25, -0.2) is 0 Å². The molecule has 0 heterocycles. The molecule has 0 aliphatic rings. The van der Waals surface area contributed by atoms with Crippen LogP contribution in [-0.2, 0) is 0 Å². The molecule has 1 rings (SSSR count). The fourth-order valence-corrected chi connectivity index (χ4v) is 1.14. The summed E-state index contributed by atoms with van der Waals surface area (Å²) in [5.41, 5.74) is 5.83. The van der Waals surface area contributed by atoms with Gasteiger partial charge in [0.2, 0.25) is 0 Å². The van der Waals surface area contributed by atoms with Gasteiger partial charge < -0.3 is 10.5 Å². The topological polar surface area (TPSA) is 35.2 Å². The van der Waals surface area contributed by atoms with Crippen LogP contribution in [0.1, 0.15) is 12.8 Å². The van der Waals surface area contributed by atoms with E-state index in [1.54, 1.807) is 0 Å². The molecule has 2 heteroatoms. The Bertz CT molecular complexity index is 258. The van der Waals surface area contributed by atoms with E-state index in [0.29, 0.717) is 6.61 Å². The number of hydrogen-bond acceptors (Lipinski definition) is 2. The van der Waals surface area contributed by atoms with E-state index in [2.05, 4.69) is 6.58 Å². The lowest BCUT2D eigenvalue weighted by atomic mass is 10.2. The predicted octanol–water partition coefficient (Wildman–Crippen LogP) is 2.36. The molecule has 0 aromatic heterocycles. The fraction of sp³-hybridized carbons (Fsp3) is 0.333. The highest BCUT2D eigenvalue weighted by molar-refractivity contribution is 5.20. The number of nitrogens with two attached hydrogens (primary N) is 1. The van der Waals surface area contributed by atoms with Crippen LogP contribution in [-0.4, -0.2) is 12.6 Å². The van der Waals surface area contributed by atoms with Crippen molar-refractivity contribution in [2.45, 2.75) is 18.9 Å². The molecule has 0 radical (unpaired) electrons. The van der Waals surface area contributed by atoms with Crippen molar-refractivity contribution >= 4 is 0 Å². The molecule has 0 saturated heterocycles. The van der Waals surface area contributed by atoms with Gasteiger partial charge in [-0.1, -0.05) is 24.3 Å². The van der Waals surface area contributed by atoms with Gasteiger partial charge in [0.1, 0.15) is 12.4 Å². The van der Waals surface area contributed by atoms with Crippen LogP contribution < -0.4 is 10.5 Å². The van der Waals surface area contributed by atoms with Crippen LogP contribution in [0.3, 0.4) is 0 Å². The second kappa shape index (κ2) is 6.22. The Balaban J connectivity index is 2.23. The van der Waals surface area contributed by atoms with Gasteiger partial charge in [0.05, 0.1) is 0 Å². The molecule has 0 aliphatic heterocycles. The minimum Gasteiger partial charge on any atom is -0.492 e. The van der Waals surface area contributed by atoms with E-state index in [1.165, 1.54) is 0 Å². The van der Waals surface area contributed by atoms with Gasteiger partial charge in [0.25, 0.3) is 0 Å². The molecule has 0 amide bonds. The average molecular weight is 191 g/mol. The Morgan fingerprint density at radius 1 is 1.36 bits per heavy atom. The largest absolute Gasteiger partial charge is 0.492 e. The van der Waals surface area contributed by atoms with Crippen LogP contribution in [0.5, 0.6) is 5.75 Å². The third-order valence-electron chi connectivity index (χ3n) is 1.95. The molecular formula is C12H17NO. The maximum absolute atomic E-state index is 5.83. The van der Waals surface area contributed by atoms with Crippen LogP contribution >= 0.6 is 0 Å². The summed E-state index contributed by atoms with van der Waals surface area (Å²) in [6, 6.07) is 9.81. The molecule has 2 nitrogen and oxygen atoms in total. The van der Waals surface area contributed by atoms with Crippen molar-refractivity contribution in [2.75, 3.05) is 6.61 Å². The SMILES string of the molecule is C=CCCC(N)COc1ccccc1. The van der Waals surface area contributed by atoms with Crippen molar-refractivity contribution in [2.24, 2.45) is 5.73 Å². The van der Waals surface area contributed by atoms with E-state index in [-0.39, 0.29) is 6.04 Å². The summed E-state index contributed by atoms with van der Waals surface area (Å²) in [4.78, 5) is 0. The molecule has 1 unspecified atom stereocenters. The summed E-state index contributed by atoms with van der Waals surface area (Å²) in [6.07, 6.45) is 3.75. The molecule has 0 spiro atoms. The zero-order chi connectivity index (χ0) is 10.2. The minimum absolute atomic E-state index is 0.0909. The van der Waals surface area contributed by atoms with Crippen molar-refractivity contribution in [3.8, 4) is 5.75 Å². The first-order valence-corrected chi connectivity index (χ1v) is 4.87. The smallest absolute Gasteiger partial charge is 0.119 e. The number of rotatable bonds is 6. The molecule has 1 aromatic carbocycles. The maximum atomic E-state index is 5.83. The summed E-state index contributed by atoms with van der Waals surface area (Å²) in [7, 11) is 0. The van der Waals surface area contributed by atoms with Crippen LogP contribution in [0.4, 0.5) is 0 Å². The normalized spacial score (nSPS) is 12.1. The summed E-state index contributed by atoms with van der Waals surface area (Å²) in [5, 5.41) is 0. The maximum Gasteiger partial charge on any atom is 0.119 e. The Kier molecular flexibility index (Phi) is 4.79. The molecule has 76 valence electrons. The van der Waals surface area contributed by atoms with Gasteiger partial charge in [-0.05, 0) is 25.0 Å². The first-order chi connectivity index (χ1) is 6.83. The molecular weight excluding hydrogens is 174 g/mol. The summed E-state index contributed by atoms with van der Waals surface area (Å²) < 4.78 is 5.51. The van der Waals surface area contributed by atoms with Crippen LogP contribution in [0.2, 0.25) is 0 Å². The van der Waals surface area contributed by atoms with Crippen molar-refractivity contribution in [3.63, 3.8) is 0 Å². The zero-order valence-electron chi connectivity index (χ0n) is 8.36. The Hall–Kier alpha value is -1.28. The lowest BCUT2D eigenvalue weighted by Crippen LogP contribution is -2.27. The molecule has 1 aromatic rings. The first kappa shape index (κ1) is 10.8. The summed E-state index contributed by atoms with van der Waals surface area (Å²) in [5.74, 6) is 0.876.